The standard InChI is InChI=1S/C13H26N2O3/c1-10-5-3-4-6-12(10)18-8-7-15-13(16)11(14)9-17-2/h10-12H,3-9,14H2,1-2H3,(H,15,16). The van der Waals surface area contributed by atoms with E-state index in [2.05, 4.69) is 12.2 Å². The first-order valence-corrected chi connectivity index (χ1v) is 6.79. The summed E-state index contributed by atoms with van der Waals surface area (Å²) in [5, 5.41) is 2.75. The number of nitrogens with one attached hydrogen (secondary N) is 1. The summed E-state index contributed by atoms with van der Waals surface area (Å²) < 4.78 is 10.6. The average Bonchev–Trinajstić information content (AvgIpc) is 2.36. The van der Waals surface area contributed by atoms with Crippen LogP contribution in [0.2, 0.25) is 0 Å². The van der Waals surface area contributed by atoms with Crippen molar-refractivity contribution in [2.24, 2.45) is 11.7 Å². The molecule has 106 valence electrons. The topological polar surface area (TPSA) is 73.6 Å². The van der Waals surface area contributed by atoms with Gasteiger partial charge >= 0.3 is 0 Å². The van der Waals surface area contributed by atoms with Crippen LogP contribution in [0.15, 0.2) is 0 Å². The smallest absolute Gasteiger partial charge is 0.239 e. The Bertz CT molecular complexity index is 248. The van der Waals surface area contributed by atoms with E-state index >= 15 is 0 Å². The van der Waals surface area contributed by atoms with Crippen molar-refractivity contribution in [3.05, 3.63) is 0 Å². The number of carbonyl (C=O) groups is 1. The number of nitrogens with two attached hydrogens (primary N) is 1. The van der Waals surface area contributed by atoms with Crippen LogP contribution in [0.3, 0.4) is 0 Å². The SMILES string of the molecule is COCC(N)C(=O)NCCOC1CCCCC1C. The second-order valence-corrected chi connectivity index (χ2v) is 5.02. The molecule has 0 spiro atoms. The van der Waals surface area contributed by atoms with Crippen LogP contribution in [0.25, 0.3) is 0 Å². The van der Waals surface area contributed by atoms with Crippen LogP contribution in [0.4, 0.5) is 0 Å². The maximum Gasteiger partial charge on any atom is 0.239 e. The summed E-state index contributed by atoms with van der Waals surface area (Å²) in [5.74, 6) is 0.447. The minimum atomic E-state index is -0.594. The molecular weight excluding hydrogens is 232 g/mol. The third-order valence-electron chi connectivity index (χ3n) is 3.45. The molecular formula is C13H26N2O3. The predicted octanol–water partition coefficient (Wildman–Crippen LogP) is 0.672. The molecule has 0 aromatic rings. The first-order valence-electron chi connectivity index (χ1n) is 6.79. The van der Waals surface area contributed by atoms with E-state index in [1.165, 1.54) is 26.4 Å². The molecule has 18 heavy (non-hydrogen) atoms. The molecule has 1 fully saturated rings. The summed E-state index contributed by atoms with van der Waals surface area (Å²) in [6.45, 7) is 3.54. The van der Waals surface area contributed by atoms with E-state index in [0.29, 0.717) is 25.2 Å². The monoisotopic (exact) mass is 258 g/mol. The van der Waals surface area contributed by atoms with E-state index in [9.17, 15) is 4.79 Å². The van der Waals surface area contributed by atoms with Crippen molar-refractivity contribution < 1.29 is 14.3 Å². The van der Waals surface area contributed by atoms with Crippen molar-refractivity contribution in [1.82, 2.24) is 5.32 Å². The van der Waals surface area contributed by atoms with Gasteiger partial charge in [-0.25, -0.2) is 0 Å². The molecule has 1 amide bonds. The summed E-state index contributed by atoms with van der Waals surface area (Å²) in [4.78, 5) is 11.5. The molecule has 1 aliphatic rings. The first kappa shape index (κ1) is 15.4. The quantitative estimate of drug-likeness (QED) is 0.658. The van der Waals surface area contributed by atoms with E-state index in [1.54, 1.807) is 0 Å². The fourth-order valence-corrected chi connectivity index (χ4v) is 2.30. The van der Waals surface area contributed by atoms with Gasteiger partial charge in [0.1, 0.15) is 6.04 Å². The maximum absolute atomic E-state index is 11.5. The van der Waals surface area contributed by atoms with Gasteiger partial charge in [0.15, 0.2) is 0 Å². The molecule has 5 nitrogen and oxygen atoms in total. The molecule has 0 aliphatic heterocycles. The lowest BCUT2D eigenvalue weighted by Crippen LogP contribution is -2.44. The number of rotatable bonds is 7. The predicted molar refractivity (Wildman–Crippen MR) is 70.2 cm³/mol. The van der Waals surface area contributed by atoms with Crippen LogP contribution in [-0.4, -0.2) is 44.9 Å². The molecule has 3 N–H and O–H groups in total. The summed E-state index contributed by atoms with van der Waals surface area (Å²) in [5.41, 5.74) is 5.60. The van der Waals surface area contributed by atoms with E-state index in [-0.39, 0.29) is 12.5 Å². The normalized spacial score (nSPS) is 25.7. The molecule has 0 saturated heterocycles. The third kappa shape index (κ3) is 5.33. The van der Waals surface area contributed by atoms with Crippen molar-refractivity contribution in [1.29, 1.82) is 0 Å². The zero-order valence-corrected chi connectivity index (χ0v) is 11.5. The Morgan fingerprint density at radius 3 is 2.83 bits per heavy atom. The van der Waals surface area contributed by atoms with Gasteiger partial charge in [-0.2, -0.15) is 0 Å². The van der Waals surface area contributed by atoms with Crippen molar-refractivity contribution in [2.45, 2.75) is 44.8 Å². The van der Waals surface area contributed by atoms with Gasteiger partial charge < -0.3 is 20.5 Å². The molecule has 1 aliphatic carbocycles. The van der Waals surface area contributed by atoms with Crippen LogP contribution in [0.5, 0.6) is 0 Å². The Morgan fingerprint density at radius 2 is 2.17 bits per heavy atom. The Morgan fingerprint density at radius 1 is 1.44 bits per heavy atom. The maximum atomic E-state index is 11.5. The van der Waals surface area contributed by atoms with E-state index < -0.39 is 6.04 Å². The van der Waals surface area contributed by atoms with E-state index in [4.69, 9.17) is 15.2 Å². The Labute approximate surface area is 109 Å². The lowest BCUT2D eigenvalue weighted by molar-refractivity contribution is -0.123. The highest BCUT2D eigenvalue weighted by Gasteiger charge is 2.21. The molecule has 0 aromatic carbocycles. The molecule has 3 unspecified atom stereocenters. The van der Waals surface area contributed by atoms with Crippen molar-refractivity contribution >= 4 is 5.91 Å². The van der Waals surface area contributed by atoms with Gasteiger partial charge in [-0.05, 0) is 18.8 Å². The van der Waals surface area contributed by atoms with Gasteiger partial charge in [0, 0.05) is 13.7 Å². The second kappa shape index (κ2) is 8.45. The van der Waals surface area contributed by atoms with E-state index in [0.717, 1.165) is 6.42 Å². The molecule has 0 bridgehead atoms. The summed E-state index contributed by atoms with van der Waals surface area (Å²) in [7, 11) is 1.53. The Balaban J connectivity index is 2.08. The van der Waals surface area contributed by atoms with Crippen molar-refractivity contribution in [3.8, 4) is 0 Å². The summed E-state index contributed by atoms with van der Waals surface area (Å²) in [6.07, 6.45) is 5.29. The molecule has 1 saturated carbocycles. The van der Waals surface area contributed by atoms with Gasteiger partial charge in [-0.15, -0.1) is 0 Å². The highest BCUT2D eigenvalue weighted by atomic mass is 16.5. The Hall–Kier alpha value is -0.650. The number of ether oxygens (including phenoxy) is 2. The minimum Gasteiger partial charge on any atom is -0.383 e. The number of amides is 1. The number of hydrogen-bond donors (Lipinski definition) is 2. The van der Waals surface area contributed by atoms with Crippen molar-refractivity contribution in [3.63, 3.8) is 0 Å². The van der Waals surface area contributed by atoms with Crippen LogP contribution < -0.4 is 11.1 Å². The van der Waals surface area contributed by atoms with Crippen LogP contribution >= 0.6 is 0 Å². The zero-order chi connectivity index (χ0) is 13.4. The zero-order valence-electron chi connectivity index (χ0n) is 11.5. The van der Waals surface area contributed by atoms with Gasteiger partial charge in [-0.1, -0.05) is 19.8 Å². The molecule has 1 rings (SSSR count). The second-order valence-electron chi connectivity index (χ2n) is 5.02. The lowest BCUT2D eigenvalue weighted by Gasteiger charge is -2.28. The van der Waals surface area contributed by atoms with Gasteiger partial charge in [-0.3, -0.25) is 4.79 Å². The highest BCUT2D eigenvalue weighted by Crippen LogP contribution is 2.25. The fraction of sp³-hybridized carbons (Fsp3) is 0.923. The summed E-state index contributed by atoms with van der Waals surface area (Å²) in [6, 6.07) is -0.594. The first-order chi connectivity index (χ1) is 8.65. The molecule has 0 radical (unpaired) electrons. The molecule has 3 atom stereocenters. The number of carbonyl (C=O) groups excluding carboxylic acids is 1. The largest absolute Gasteiger partial charge is 0.383 e. The molecule has 0 heterocycles. The number of hydrogen-bond acceptors (Lipinski definition) is 4. The van der Waals surface area contributed by atoms with Gasteiger partial charge in [0.05, 0.1) is 19.3 Å². The minimum absolute atomic E-state index is 0.183. The van der Waals surface area contributed by atoms with Crippen LogP contribution in [0, 0.1) is 5.92 Å². The average molecular weight is 258 g/mol. The third-order valence-corrected chi connectivity index (χ3v) is 3.45. The molecule has 5 heteroatoms. The Kier molecular flexibility index (Phi) is 7.23. The number of methoxy groups -OCH3 is 1. The van der Waals surface area contributed by atoms with Crippen LogP contribution in [0.1, 0.15) is 32.6 Å². The van der Waals surface area contributed by atoms with Crippen molar-refractivity contribution in [2.75, 3.05) is 26.9 Å². The van der Waals surface area contributed by atoms with Crippen LogP contribution in [-0.2, 0) is 14.3 Å². The van der Waals surface area contributed by atoms with E-state index in [1.807, 2.05) is 0 Å². The van der Waals surface area contributed by atoms with Gasteiger partial charge in [0.25, 0.3) is 0 Å². The lowest BCUT2D eigenvalue weighted by atomic mass is 9.88. The summed E-state index contributed by atoms with van der Waals surface area (Å²) >= 11 is 0. The molecule has 0 aromatic heterocycles. The fourth-order valence-electron chi connectivity index (χ4n) is 2.30. The van der Waals surface area contributed by atoms with Gasteiger partial charge in [0.2, 0.25) is 5.91 Å². The highest BCUT2D eigenvalue weighted by molar-refractivity contribution is 5.81.